The average molecular weight is 307 g/mol. The summed E-state index contributed by atoms with van der Waals surface area (Å²) in [6.07, 6.45) is 2.08. The second-order valence-electron chi connectivity index (χ2n) is 5.64. The fourth-order valence-corrected chi connectivity index (χ4v) is 2.70. The van der Waals surface area contributed by atoms with Gasteiger partial charge in [0.2, 0.25) is 0 Å². The van der Waals surface area contributed by atoms with Gasteiger partial charge in [-0.2, -0.15) is 0 Å². The van der Waals surface area contributed by atoms with E-state index in [4.69, 9.17) is 4.74 Å². The van der Waals surface area contributed by atoms with E-state index in [0.29, 0.717) is 37.2 Å². The van der Waals surface area contributed by atoms with Gasteiger partial charge < -0.3 is 9.64 Å². The summed E-state index contributed by atoms with van der Waals surface area (Å²) in [5, 5.41) is 0. The molecule has 4 nitrogen and oxygen atoms in total. The van der Waals surface area contributed by atoms with Crippen molar-refractivity contribution in [2.24, 2.45) is 5.92 Å². The van der Waals surface area contributed by atoms with Crippen molar-refractivity contribution >= 4 is 11.9 Å². The van der Waals surface area contributed by atoms with E-state index in [2.05, 4.69) is 0 Å². The van der Waals surface area contributed by atoms with Gasteiger partial charge in [-0.1, -0.05) is 6.07 Å². The zero-order valence-electron chi connectivity index (χ0n) is 13.1. The molecular formula is C17H22FNO3. The van der Waals surface area contributed by atoms with Crippen molar-refractivity contribution in [3.63, 3.8) is 0 Å². The molecule has 1 heterocycles. The summed E-state index contributed by atoms with van der Waals surface area (Å²) in [6, 6.07) is 4.54. The predicted molar refractivity (Wildman–Crippen MR) is 81.0 cm³/mol. The van der Waals surface area contributed by atoms with E-state index in [1.807, 2.05) is 0 Å². The molecule has 120 valence electrons. The predicted octanol–water partition coefficient (Wildman–Crippen LogP) is 2.94. The van der Waals surface area contributed by atoms with E-state index in [9.17, 15) is 14.0 Å². The van der Waals surface area contributed by atoms with Crippen LogP contribution in [-0.4, -0.2) is 36.5 Å². The van der Waals surface area contributed by atoms with Crippen molar-refractivity contribution in [2.45, 2.75) is 33.1 Å². The highest BCUT2D eigenvalue weighted by atomic mass is 19.1. The molecule has 2 rings (SSSR count). The minimum Gasteiger partial charge on any atom is -0.466 e. The topological polar surface area (TPSA) is 46.6 Å². The van der Waals surface area contributed by atoms with Crippen LogP contribution >= 0.6 is 0 Å². The molecule has 1 aromatic carbocycles. The molecule has 0 aromatic heterocycles. The second-order valence-corrected chi connectivity index (χ2v) is 5.64. The molecule has 0 aliphatic carbocycles. The number of aryl methyl sites for hydroxylation is 1. The Bertz CT molecular complexity index is 559. The van der Waals surface area contributed by atoms with E-state index in [1.54, 1.807) is 30.9 Å². The van der Waals surface area contributed by atoms with Crippen LogP contribution in [0.4, 0.5) is 4.39 Å². The fraction of sp³-hybridized carbons (Fsp3) is 0.529. The van der Waals surface area contributed by atoms with Crippen molar-refractivity contribution < 1.29 is 18.7 Å². The molecule has 1 aromatic rings. The zero-order chi connectivity index (χ0) is 16.1. The van der Waals surface area contributed by atoms with Crippen LogP contribution < -0.4 is 0 Å². The Labute approximate surface area is 130 Å². The number of amides is 1. The fourth-order valence-electron chi connectivity index (χ4n) is 2.70. The van der Waals surface area contributed by atoms with Crippen LogP contribution in [0.2, 0.25) is 0 Å². The number of halogens is 1. The lowest BCUT2D eigenvalue weighted by atomic mass is 10.0. The number of nitrogens with zero attached hydrogens (tertiary/aromatic N) is 1. The third-order valence-corrected chi connectivity index (χ3v) is 4.05. The summed E-state index contributed by atoms with van der Waals surface area (Å²) >= 11 is 0. The lowest BCUT2D eigenvalue weighted by Crippen LogP contribution is -2.32. The number of benzene rings is 1. The van der Waals surface area contributed by atoms with Crippen LogP contribution in [0.5, 0.6) is 0 Å². The Hall–Kier alpha value is -1.91. The maximum atomic E-state index is 13.6. The first-order valence-corrected chi connectivity index (χ1v) is 7.75. The molecular weight excluding hydrogens is 285 g/mol. The Morgan fingerprint density at radius 3 is 2.77 bits per heavy atom. The molecule has 1 saturated heterocycles. The number of esters is 1. The summed E-state index contributed by atoms with van der Waals surface area (Å²) in [7, 11) is 0. The minimum atomic E-state index is -0.370. The Morgan fingerprint density at radius 2 is 2.09 bits per heavy atom. The van der Waals surface area contributed by atoms with Crippen molar-refractivity contribution in [2.75, 3.05) is 19.7 Å². The summed E-state index contributed by atoms with van der Waals surface area (Å²) in [4.78, 5) is 26.0. The highest BCUT2D eigenvalue weighted by molar-refractivity contribution is 5.94. The molecule has 0 N–H and O–H groups in total. The number of carbonyl (C=O) groups excluding carboxylic acids is 2. The van der Waals surface area contributed by atoms with Gasteiger partial charge in [0.15, 0.2) is 0 Å². The van der Waals surface area contributed by atoms with Crippen molar-refractivity contribution in [3.05, 3.63) is 35.1 Å². The van der Waals surface area contributed by atoms with Crippen LogP contribution in [0.25, 0.3) is 0 Å². The molecule has 5 heteroatoms. The molecule has 22 heavy (non-hydrogen) atoms. The Morgan fingerprint density at radius 1 is 1.32 bits per heavy atom. The highest BCUT2D eigenvalue weighted by Crippen LogP contribution is 2.21. The summed E-state index contributed by atoms with van der Waals surface area (Å²) in [6.45, 7) is 4.92. The third kappa shape index (κ3) is 3.84. The lowest BCUT2D eigenvalue weighted by molar-refractivity contribution is -0.148. The van der Waals surface area contributed by atoms with E-state index >= 15 is 0 Å². The smallest absolute Gasteiger partial charge is 0.308 e. The molecule has 1 aliphatic rings. The number of rotatable bonds is 3. The highest BCUT2D eigenvalue weighted by Gasteiger charge is 2.26. The van der Waals surface area contributed by atoms with Crippen LogP contribution in [0.3, 0.4) is 0 Å². The minimum absolute atomic E-state index is 0.146. The summed E-state index contributed by atoms with van der Waals surface area (Å²) in [5.74, 6) is -0.876. The SMILES string of the molecule is CCOC(=O)C1CCCN(C(=O)c2ccc(C)c(F)c2)CC1. The molecule has 0 spiro atoms. The lowest BCUT2D eigenvalue weighted by Gasteiger charge is -2.20. The maximum absolute atomic E-state index is 13.6. The van der Waals surface area contributed by atoms with Gasteiger partial charge in [-0.05, 0) is 50.8 Å². The molecule has 0 bridgehead atoms. The van der Waals surface area contributed by atoms with Gasteiger partial charge in [0.1, 0.15) is 5.82 Å². The average Bonchev–Trinajstić information content (AvgIpc) is 2.75. The largest absolute Gasteiger partial charge is 0.466 e. The normalized spacial score (nSPS) is 18.7. The van der Waals surface area contributed by atoms with Crippen LogP contribution in [-0.2, 0) is 9.53 Å². The molecule has 1 fully saturated rings. The maximum Gasteiger partial charge on any atom is 0.308 e. The van der Waals surface area contributed by atoms with Crippen molar-refractivity contribution in [1.29, 1.82) is 0 Å². The number of ether oxygens (including phenoxy) is 1. The second kappa shape index (κ2) is 7.38. The summed E-state index contributed by atoms with van der Waals surface area (Å²) in [5.41, 5.74) is 0.882. The van der Waals surface area contributed by atoms with Gasteiger partial charge >= 0.3 is 5.97 Å². The molecule has 0 saturated carbocycles. The molecule has 1 unspecified atom stereocenters. The first-order chi connectivity index (χ1) is 10.5. The first kappa shape index (κ1) is 16.5. The van der Waals surface area contributed by atoms with E-state index in [1.165, 1.54) is 6.07 Å². The van der Waals surface area contributed by atoms with E-state index in [-0.39, 0.29) is 23.6 Å². The Balaban J connectivity index is 2.02. The molecule has 0 radical (unpaired) electrons. The number of hydrogen-bond acceptors (Lipinski definition) is 3. The molecule has 1 aliphatic heterocycles. The van der Waals surface area contributed by atoms with Gasteiger partial charge in [-0.3, -0.25) is 9.59 Å². The summed E-state index contributed by atoms with van der Waals surface area (Å²) < 4.78 is 18.7. The van der Waals surface area contributed by atoms with Gasteiger partial charge in [-0.25, -0.2) is 4.39 Å². The van der Waals surface area contributed by atoms with Gasteiger partial charge in [0.25, 0.3) is 5.91 Å². The van der Waals surface area contributed by atoms with Crippen LogP contribution in [0.15, 0.2) is 18.2 Å². The quantitative estimate of drug-likeness (QED) is 0.807. The Kier molecular flexibility index (Phi) is 5.52. The van der Waals surface area contributed by atoms with Gasteiger partial charge in [0, 0.05) is 18.7 Å². The standard InChI is InChI=1S/C17H22FNO3/c1-3-22-17(21)13-5-4-9-19(10-8-13)16(20)14-7-6-12(2)15(18)11-14/h6-7,11,13H,3-5,8-10H2,1-2H3. The van der Waals surface area contributed by atoms with Crippen LogP contribution in [0.1, 0.15) is 42.1 Å². The van der Waals surface area contributed by atoms with Gasteiger partial charge in [-0.15, -0.1) is 0 Å². The van der Waals surface area contributed by atoms with Gasteiger partial charge in [0.05, 0.1) is 12.5 Å². The first-order valence-electron chi connectivity index (χ1n) is 7.75. The van der Waals surface area contributed by atoms with Crippen LogP contribution in [0, 0.1) is 18.7 Å². The monoisotopic (exact) mass is 307 g/mol. The van der Waals surface area contributed by atoms with E-state index < -0.39 is 0 Å². The number of carbonyl (C=O) groups is 2. The molecule has 1 atom stereocenters. The number of hydrogen-bond donors (Lipinski definition) is 0. The van der Waals surface area contributed by atoms with E-state index in [0.717, 1.165) is 12.8 Å². The molecule has 1 amide bonds. The third-order valence-electron chi connectivity index (χ3n) is 4.05. The zero-order valence-corrected chi connectivity index (χ0v) is 13.1. The number of likely N-dealkylation sites (tertiary alicyclic amines) is 1. The van der Waals surface area contributed by atoms with Crippen molar-refractivity contribution in [1.82, 2.24) is 4.90 Å². The van der Waals surface area contributed by atoms with Crippen molar-refractivity contribution in [3.8, 4) is 0 Å².